The van der Waals surface area contributed by atoms with Crippen LogP contribution in [0.3, 0.4) is 0 Å². The van der Waals surface area contributed by atoms with Crippen LogP contribution in [0.5, 0.6) is 0 Å². The summed E-state index contributed by atoms with van der Waals surface area (Å²) in [6.45, 7) is 0.231. The van der Waals surface area contributed by atoms with Gasteiger partial charge in [0.25, 0.3) is 5.69 Å². The van der Waals surface area contributed by atoms with Gasteiger partial charge in [-0.2, -0.15) is 0 Å². The molecule has 3 aromatic carbocycles. The Bertz CT molecular complexity index is 1170. The molecule has 32 heavy (non-hydrogen) atoms. The normalized spacial score (nSPS) is 20.3. The number of halogens is 1. The zero-order valence-electron chi connectivity index (χ0n) is 16.8. The van der Waals surface area contributed by atoms with Crippen LogP contribution in [-0.4, -0.2) is 26.8 Å². The van der Waals surface area contributed by atoms with Gasteiger partial charge in [0.15, 0.2) is 0 Å². The van der Waals surface area contributed by atoms with E-state index in [2.05, 4.69) is 0 Å². The van der Waals surface area contributed by atoms with Crippen molar-refractivity contribution < 1.29 is 19.6 Å². The second-order valence-corrected chi connectivity index (χ2v) is 8.16. The number of aliphatic carboxylic acids is 1. The number of carboxylic acid groups (broad SMARTS) is 1. The summed E-state index contributed by atoms with van der Waals surface area (Å²) >= 11 is 6.05. The standard InChI is InChI=1S/C24H19ClN2O5/c25-19-10-6-17(7-11-19)22-24(23(29)30,18-8-12-20(13-9-18)27(31)32)14-21(28)26(22)15-16-4-2-1-3-5-16/h1-13,22H,14-15H2,(H,29,30)/t22-,24-/m1/s1. The molecule has 7 nitrogen and oxygen atoms in total. The van der Waals surface area contributed by atoms with Crippen molar-refractivity contribution in [3.05, 3.63) is 111 Å². The largest absolute Gasteiger partial charge is 0.480 e. The molecule has 1 N–H and O–H groups in total. The minimum absolute atomic E-state index is 0.150. The van der Waals surface area contributed by atoms with Crippen molar-refractivity contribution >= 4 is 29.2 Å². The number of rotatable bonds is 6. The molecule has 0 spiro atoms. The summed E-state index contributed by atoms with van der Waals surface area (Å²) in [5, 5.41) is 22.0. The zero-order valence-corrected chi connectivity index (χ0v) is 17.6. The molecule has 162 valence electrons. The first-order valence-corrected chi connectivity index (χ1v) is 10.3. The van der Waals surface area contributed by atoms with E-state index in [-0.39, 0.29) is 24.6 Å². The summed E-state index contributed by atoms with van der Waals surface area (Å²) in [6.07, 6.45) is -0.264. The second kappa shape index (κ2) is 8.43. The number of nitrogens with zero attached hydrogens (tertiary/aromatic N) is 2. The first-order chi connectivity index (χ1) is 15.3. The molecule has 2 atom stereocenters. The van der Waals surface area contributed by atoms with Crippen LogP contribution in [0.1, 0.15) is 29.2 Å². The quantitative estimate of drug-likeness (QED) is 0.431. The maximum absolute atomic E-state index is 13.2. The lowest BCUT2D eigenvalue weighted by atomic mass is 9.71. The number of carbonyl (C=O) groups is 2. The fourth-order valence-corrected chi connectivity index (χ4v) is 4.50. The van der Waals surface area contributed by atoms with E-state index in [0.717, 1.165) is 5.56 Å². The Morgan fingerprint density at radius 1 is 1.06 bits per heavy atom. The maximum Gasteiger partial charge on any atom is 0.317 e. The molecule has 1 fully saturated rings. The molecule has 1 aliphatic heterocycles. The Morgan fingerprint density at radius 2 is 1.69 bits per heavy atom. The van der Waals surface area contributed by atoms with Crippen LogP contribution in [0, 0.1) is 10.1 Å². The van der Waals surface area contributed by atoms with Crippen LogP contribution in [-0.2, 0) is 21.5 Å². The van der Waals surface area contributed by atoms with E-state index in [1.54, 1.807) is 29.2 Å². The molecule has 1 aliphatic rings. The number of amides is 1. The third-order valence-corrected chi connectivity index (χ3v) is 6.14. The Kier molecular flexibility index (Phi) is 5.67. The van der Waals surface area contributed by atoms with Gasteiger partial charge in [-0.1, -0.05) is 66.2 Å². The van der Waals surface area contributed by atoms with Crippen molar-refractivity contribution in [1.82, 2.24) is 4.90 Å². The molecule has 0 aliphatic carbocycles. The van der Waals surface area contributed by atoms with Gasteiger partial charge in [-0.25, -0.2) is 0 Å². The van der Waals surface area contributed by atoms with Crippen molar-refractivity contribution in [2.24, 2.45) is 0 Å². The summed E-state index contributed by atoms with van der Waals surface area (Å²) in [6, 6.07) is 20.6. The minimum Gasteiger partial charge on any atom is -0.480 e. The van der Waals surface area contributed by atoms with Crippen LogP contribution >= 0.6 is 11.6 Å². The lowest BCUT2D eigenvalue weighted by molar-refractivity contribution is -0.384. The first kappa shape index (κ1) is 21.5. The zero-order chi connectivity index (χ0) is 22.9. The van der Waals surface area contributed by atoms with E-state index in [9.17, 15) is 24.8 Å². The number of benzene rings is 3. The molecular formula is C24H19ClN2O5. The average molecular weight is 451 g/mol. The van der Waals surface area contributed by atoms with Crippen LogP contribution < -0.4 is 0 Å². The SMILES string of the molecule is O=C1C[C@@](C(=O)O)(c2ccc([N+](=O)[O-])cc2)[C@@H](c2ccc(Cl)cc2)N1Cc1ccccc1. The molecular weight excluding hydrogens is 432 g/mol. The second-order valence-electron chi connectivity index (χ2n) is 7.72. The number of nitro groups is 1. The molecule has 8 heteroatoms. The number of carboxylic acids is 1. The molecule has 0 bridgehead atoms. The van der Waals surface area contributed by atoms with Gasteiger partial charge in [0, 0.05) is 30.1 Å². The lowest BCUT2D eigenvalue weighted by Crippen LogP contribution is -2.42. The van der Waals surface area contributed by atoms with Gasteiger partial charge in [0.1, 0.15) is 5.41 Å². The highest BCUT2D eigenvalue weighted by Gasteiger charge is 2.58. The van der Waals surface area contributed by atoms with Gasteiger partial charge in [0.05, 0.1) is 11.0 Å². The van der Waals surface area contributed by atoms with E-state index in [1.807, 2.05) is 30.3 Å². The topological polar surface area (TPSA) is 101 Å². The van der Waals surface area contributed by atoms with Crippen molar-refractivity contribution in [3.8, 4) is 0 Å². The number of nitro benzene ring substituents is 1. The predicted molar refractivity (Wildman–Crippen MR) is 118 cm³/mol. The first-order valence-electron chi connectivity index (χ1n) is 9.90. The van der Waals surface area contributed by atoms with Crippen LogP contribution in [0.4, 0.5) is 5.69 Å². The van der Waals surface area contributed by atoms with Gasteiger partial charge in [-0.3, -0.25) is 19.7 Å². The van der Waals surface area contributed by atoms with E-state index in [4.69, 9.17) is 11.6 Å². The van der Waals surface area contributed by atoms with Gasteiger partial charge in [-0.05, 0) is 28.8 Å². The van der Waals surface area contributed by atoms with Crippen molar-refractivity contribution in [3.63, 3.8) is 0 Å². The number of carbonyl (C=O) groups excluding carboxylic acids is 1. The van der Waals surface area contributed by atoms with Gasteiger partial charge in [0.2, 0.25) is 5.91 Å². The molecule has 1 amide bonds. The van der Waals surface area contributed by atoms with Crippen LogP contribution in [0.15, 0.2) is 78.9 Å². The van der Waals surface area contributed by atoms with E-state index < -0.39 is 22.3 Å². The highest BCUT2D eigenvalue weighted by atomic mass is 35.5. The van der Waals surface area contributed by atoms with Gasteiger partial charge >= 0.3 is 5.97 Å². The molecule has 0 saturated carbocycles. The molecule has 4 rings (SSSR count). The third kappa shape index (κ3) is 3.71. The van der Waals surface area contributed by atoms with E-state index in [1.165, 1.54) is 24.3 Å². The Labute approximate surface area is 189 Å². The molecule has 0 radical (unpaired) electrons. The molecule has 1 heterocycles. The molecule has 0 unspecified atom stereocenters. The average Bonchev–Trinajstić information content (AvgIpc) is 3.08. The minimum atomic E-state index is -1.62. The van der Waals surface area contributed by atoms with Crippen molar-refractivity contribution in [2.75, 3.05) is 0 Å². The highest BCUT2D eigenvalue weighted by Crippen LogP contribution is 2.51. The highest BCUT2D eigenvalue weighted by molar-refractivity contribution is 6.30. The number of hydrogen-bond acceptors (Lipinski definition) is 4. The summed E-state index contributed by atoms with van der Waals surface area (Å²) < 4.78 is 0. The summed E-state index contributed by atoms with van der Waals surface area (Å²) in [5.74, 6) is -1.48. The van der Waals surface area contributed by atoms with Crippen LogP contribution in [0.2, 0.25) is 5.02 Å². The van der Waals surface area contributed by atoms with Crippen LogP contribution in [0.25, 0.3) is 0 Å². The summed E-state index contributed by atoms with van der Waals surface area (Å²) in [4.78, 5) is 38.1. The Hall–Kier alpha value is -3.71. The summed E-state index contributed by atoms with van der Waals surface area (Å²) in [5.41, 5.74) is 0.0540. The van der Waals surface area contributed by atoms with Crippen molar-refractivity contribution in [2.45, 2.75) is 24.4 Å². The molecule has 0 aromatic heterocycles. The fraction of sp³-hybridized carbons (Fsp3) is 0.167. The lowest BCUT2D eigenvalue weighted by Gasteiger charge is -2.35. The number of hydrogen-bond donors (Lipinski definition) is 1. The summed E-state index contributed by atoms with van der Waals surface area (Å²) in [7, 11) is 0. The number of likely N-dealkylation sites (tertiary alicyclic amines) is 1. The van der Waals surface area contributed by atoms with Crippen molar-refractivity contribution in [1.29, 1.82) is 0 Å². The Morgan fingerprint density at radius 3 is 2.25 bits per heavy atom. The Balaban J connectivity index is 1.88. The maximum atomic E-state index is 13.2. The van der Waals surface area contributed by atoms with Gasteiger partial charge < -0.3 is 10.0 Å². The van der Waals surface area contributed by atoms with E-state index in [0.29, 0.717) is 16.1 Å². The third-order valence-electron chi connectivity index (χ3n) is 5.89. The monoisotopic (exact) mass is 450 g/mol. The molecule has 1 saturated heterocycles. The fourth-order valence-electron chi connectivity index (χ4n) is 4.37. The smallest absolute Gasteiger partial charge is 0.317 e. The predicted octanol–water partition coefficient (Wildman–Crippen LogP) is 4.74. The molecule has 3 aromatic rings. The van der Waals surface area contributed by atoms with Gasteiger partial charge in [-0.15, -0.1) is 0 Å². The van der Waals surface area contributed by atoms with E-state index >= 15 is 0 Å². The number of non-ortho nitro benzene ring substituents is 1.